The fraction of sp³-hybridized carbons (Fsp3) is 0.364. The molecule has 0 spiro atoms. The molecular weight excluding hydrogens is 378 g/mol. The van der Waals surface area contributed by atoms with Crippen LogP contribution in [0.25, 0.3) is 0 Å². The number of aryl methyl sites for hydroxylation is 1. The number of carbonyl (C=O) groups is 1. The predicted molar refractivity (Wildman–Crippen MR) is 114 cm³/mol. The van der Waals surface area contributed by atoms with Gasteiger partial charge in [0.15, 0.2) is 5.82 Å². The second kappa shape index (κ2) is 7.44. The third-order valence-electron chi connectivity index (χ3n) is 5.96. The number of piperidine rings is 1. The molecule has 0 unspecified atom stereocenters. The lowest BCUT2D eigenvalue weighted by molar-refractivity contribution is -0.119. The Morgan fingerprint density at radius 2 is 2.07 bits per heavy atom. The van der Waals surface area contributed by atoms with Crippen molar-refractivity contribution in [2.24, 2.45) is 17.6 Å². The minimum atomic E-state index is -0.327. The Balaban J connectivity index is 1.48. The molecule has 1 amide bonds. The van der Waals surface area contributed by atoms with Gasteiger partial charge in [-0.15, -0.1) is 0 Å². The van der Waals surface area contributed by atoms with Gasteiger partial charge in [0, 0.05) is 30.8 Å². The molecule has 1 aliphatic heterocycles. The third-order valence-corrected chi connectivity index (χ3v) is 5.96. The van der Waals surface area contributed by atoms with Gasteiger partial charge in [-0.25, -0.2) is 4.98 Å². The van der Waals surface area contributed by atoms with Crippen LogP contribution < -0.4 is 16.0 Å². The molecule has 3 heterocycles. The van der Waals surface area contributed by atoms with Crippen molar-refractivity contribution in [1.82, 2.24) is 20.2 Å². The maximum atomic E-state index is 12.1. The Bertz CT molecular complexity index is 1060. The first-order valence-corrected chi connectivity index (χ1v) is 10.4. The Kier molecular flexibility index (Phi) is 4.61. The number of primary amides is 1. The van der Waals surface area contributed by atoms with Crippen LogP contribution in [-0.2, 0) is 17.6 Å². The summed E-state index contributed by atoms with van der Waals surface area (Å²) in [6.07, 6.45) is 2.61. The number of aromatic amines is 1. The molecule has 30 heavy (non-hydrogen) atoms. The summed E-state index contributed by atoms with van der Waals surface area (Å²) in [5.74, 6) is 2.46. The number of fused-ring (bicyclic) bond motifs is 1. The number of H-pyrrole nitrogens is 1. The molecule has 2 fully saturated rings. The summed E-state index contributed by atoms with van der Waals surface area (Å²) in [5, 5.41) is 10.6. The van der Waals surface area contributed by atoms with Crippen LogP contribution in [0, 0.1) is 11.8 Å². The summed E-state index contributed by atoms with van der Waals surface area (Å²) in [7, 11) is 0. The number of rotatable bonds is 7. The van der Waals surface area contributed by atoms with E-state index in [1.165, 1.54) is 0 Å². The number of hydrogen-bond acceptors (Lipinski definition) is 6. The highest BCUT2D eigenvalue weighted by atomic mass is 16.1. The zero-order chi connectivity index (χ0) is 20.7. The summed E-state index contributed by atoms with van der Waals surface area (Å²) >= 11 is 0. The van der Waals surface area contributed by atoms with E-state index in [1.54, 1.807) is 0 Å². The van der Waals surface area contributed by atoms with Gasteiger partial charge in [-0.05, 0) is 30.2 Å². The monoisotopic (exact) mass is 403 g/mol. The molecule has 2 aliphatic rings. The molecule has 154 valence electrons. The number of amides is 1. The minimum Gasteiger partial charge on any atom is -0.368 e. The standard InChI is InChI=1S/C22H25N7O/c1-2-15-10-19(28-27-15)25-18-11-16(8-13-6-4-3-5-7-13)24-22(26-18)29-12-14-9-17(14)20(29)21(23)30/h3-7,10-11,14,17,20H,2,8-9,12H2,1H3,(H2,23,30)(H2,24,25,26,27,28)/t14-,17-,20-/m0/s1. The van der Waals surface area contributed by atoms with Crippen LogP contribution in [0.15, 0.2) is 42.5 Å². The lowest BCUT2D eigenvalue weighted by Crippen LogP contribution is -2.44. The summed E-state index contributed by atoms with van der Waals surface area (Å²) < 4.78 is 0. The number of aromatic nitrogens is 4. The topological polar surface area (TPSA) is 113 Å². The second-order valence-corrected chi connectivity index (χ2v) is 8.12. The number of nitrogens with one attached hydrogen (secondary N) is 2. The number of nitrogens with zero attached hydrogens (tertiary/aromatic N) is 4. The first-order valence-electron chi connectivity index (χ1n) is 10.4. The van der Waals surface area contributed by atoms with Crippen molar-refractivity contribution >= 4 is 23.5 Å². The number of benzene rings is 1. The number of nitrogens with two attached hydrogens (primary N) is 1. The van der Waals surface area contributed by atoms with E-state index in [9.17, 15) is 4.79 Å². The fourth-order valence-electron chi connectivity index (χ4n) is 4.35. The van der Waals surface area contributed by atoms with E-state index in [-0.39, 0.29) is 11.9 Å². The molecule has 1 aromatic carbocycles. The maximum Gasteiger partial charge on any atom is 0.240 e. The highest BCUT2D eigenvalue weighted by molar-refractivity contribution is 5.85. The van der Waals surface area contributed by atoms with Crippen LogP contribution in [0.1, 0.15) is 30.3 Å². The average molecular weight is 403 g/mol. The van der Waals surface area contributed by atoms with Crippen molar-refractivity contribution in [2.45, 2.75) is 32.2 Å². The quantitative estimate of drug-likeness (QED) is 0.558. The zero-order valence-corrected chi connectivity index (χ0v) is 16.9. The van der Waals surface area contributed by atoms with Crippen molar-refractivity contribution in [3.8, 4) is 0 Å². The largest absolute Gasteiger partial charge is 0.368 e. The highest BCUT2D eigenvalue weighted by Gasteiger charge is 2.55. The lowest BCUT2D eigenvalue weighted by Gasteiger charge is -2.26. The van der Waals surface area contributed by atoms with Crippen LogP contribution >= 0.6 is 0 Å². The van der Waals surface area contributed by atoms with Gasteiger partial charge in [-0.2, -0.15) is 10.1 Å². The van der Waals surface area contributed by atoms with Crippen LogP contribution in [0.2, 0.25) is 0 Å². The Hall–Kier alpha value is -3.42. The zero-order valence-electron chi connectivity index (χ0n) is 16.9. The van der Waals surface area contributed by atoms with Crippen LogP contribution in [0.5, 0.6) is 0 Å². The normalized spacial score (nSPS) is 22.0. The van der Waals surface area contributed by atoms with Gasteiger partial charge in [0.05, 0.1) is 5.69 Å². The average Bonchev–Trinajstić information content (AvgIpc) is 3.17. The van der Waals surface area contributed by atoms with Crippen molar-refractivity contribution in [1.29, 1.82) is 0 Å². The van der Waals surface area contributed by atoms with Gasteiger partial charge in [-0.3, -0.25) is 9.89 Å². The van der Waals surface area contributed by atoms with Crippen molar-refractivity contribution in [3.63, 3.8) is 0 Å². The molecule has 1 saturated carbocycles. The molecule has 8 nitrogen and oxygen atoms in total. The summed E-state index contributed by atoms with van der Waals surface area (Å²) in [6, 6.07) is 13.8. The molecule has 0 radical (unpaired) electrons. The van der Waals surface area contributed by atoms with Gasteiger partial charge in [0.1, 0.15) is 11.9 Å². The fourth-order valence-corrected chi connectivity index (χ4v) is 4.35. The summed E-state index contributed by atoms with van der Waals surface area (Å²) in [4.78, 5) is 23.6. The molecule has 2 aromatic heterocycles. The summed E-state index contributed by atoms with van der Waals surface area (Å²) in [6.45, 7) is 2.84. The van der Waals surface area contributed by atoms with Crippen molar-refractivity contribution in [3.05, 3.63) is 59.4 Å². The van der Waals surface area contributed by atoms with Crippen LogP contribution in [-0.4, -0.2) is 38.7 Å². The Morgan fingerprint density at radius 1 is 1.23 bits per heavy atom. The lowest BCUT2D eigenvalue weighted by atomic mass is 10.1. The molecular formula is C22H25N7O. The Morgan fingerprint density at radius 3 is 2.80 bits per heavy atom. The second-order valence-electron chi connectivity index (χ2n) is 8.12. The van der Waals surface area contributed by atoms with E-state index in [4.69, 9.17) is 15.7 Å². The van der Waals surface area contributed by atoms with E-state index in [1.807, 2.05) is 35.2 Å². The van der Waals surface area contributed by atoms with Gasteiger partial charge in [0.2, 0.25) is 11.9 Å². The highest BCUT2D eigenvalue weighted by Crippen LogP contribution is 2.50. The number of carbonyl (C=O) groups excluding carboxylic acids is 1. The first kappa shape index (κ1) is 18.6. The molecule has 1 saturated heterocycles. The van der Waals surface area contributed by atoms with E-state index < -0.39 is 0 Å². The first-order chi connectivity index (χ1) is 14.6. The van der Waals surface area contributed by atoms with Crippen LogP contribution in [0.4, 0.5) is 17.6 Å². The molecule has 1 aliphatic carbocycles. The summed E-state index contributed by atoms with van der Waals surface area (Å²) in [5.41, 5.74) is 8.81. The minimum absolute atomic E-state index is 0.300. The Labute approximate surface area is 174 Å². The SMILES string of the molecule is CCc1cc(Nc2cc(Cc3ccccc3)nc(N3C[C@@H]4C[C@@H]4[C@H]3C(N)=O)n2)n[nH]1. The van der Waals surface area contributed by atoms with Gasteiger partial charge in [-0.1, -0.05) is 37.3 Å². The van der Waals surface area contributed by atoms with Gasteiger partial charge >= 0.3 is 0 Å². The van der Waals surface area contributed by atoms with Crippen LogP contribution in [0.3, 0.4) is 0 Å². The third kappa shape index (κ3) is 3.60. The molecule has 3 aromatic rings. The maximum absolute atomic E-state index is 12.1. The van der Waals surface area contributed by atoms with E-state index >= 15 is 0 Å². The molecule has 0 bridgehead atoms. The molecule has 8 heteroatoms. The van der Waals surface area contributed by atoms with E-state index in [0.717, 1.165) is 36.3 Å². The number of hydrogen-bond donors (Lipinski definition) is 3. The van der Waals surface area contributed by atoms with E-state index in [2.05, 4.69) is 34.6 Å². The molecule has 3 atom stereocenters. The predicted octanol–water partition coefficient (Wildman–Crippen LogP) is 2.41. The van der Waals surface area contributed by atoms with E-state index in [0.29, 0.717) is 35.8 Å². The molecule has 5 rings (SSSR count). The molecule has 4 N–H and O–H groups in total. The smallest absolute Gasteiger partial charge is 0.240 e. The van der Waals surface area contributed by atoms with Gasteiger partial charge in [0.25, 0.3) is 0 Å². The number of anilines is 3. The van der Waals surface area contributed by atoms with Crippen molar-refractivity contribution < 1.29 is 4.79 Å². The van der Waals surface area contributed by atoms with Gasteiger partial charge < -0.3 is 16.0 Å². The van der Waals surface area contributed by atoms with Crippen molar-refractivity contribution in [2.75, 3.05) is 16.8 Å².